The number of fused-ring (bicyclic) bond motifs is 2. The molecule has 0 bridgehead atoms. The first-order chi connectivity index (χ1) is 16.9. The highest BCUT2D eigenvalue weighted by atomic mass is 16.6. The van der Waals surface area contributed by atoms with Gasteiger partial charge >= 0.3 is 5.97 Å². The summed E-state index contributed by atoms with van der Waals surface area (Å²) in [5.41, 5.74) is 4.40. The highest BCUT2D eigenvalue weighted by molar-refractivity contribution is 6.08. The van der Waals surface area contributed by atoms with E-state index in [1.165, 1.54) is 18.2 Å². The van der Waals surface area contributed by atoms with Gasteiger partial charge in [-0.3, -0.25) is 20.3 Å². The van der Waals surface area contributed by atoms with Crippen molar-refractivity contribution in [2.45, 2.75) is 0 Å². The second-order valence-corrected chi connectivity index (χ2v) is 7.53. The number of aromatic carboxylic acids is 1. The third-order valence-electron chi connectivity index (χ3n) is 5.43. The number of aromatic nitrogens is 1. The number of rotatable bonds is 4. The Balaban J connectivity index is 0.000000179. The maximum atomic E-state index is 11.4. The molecule has 5 N–H and O–H groups in total. The van der Waals surface area contributed by atoms with E-state index >= 15 is 0 Å². The molecule has 4 aromatic carbocycles. The summed E-state index contributed by atoms with van der Waals surface area (Å²) in [5.74, 6) is 3.73. The molecule has 0 aliphatic heterocycles. The van der Waals surface area contributed by atoms with Crippen molar-refractivity contribution in [2.24, 2.45) is 5.84 Å². The molecule has 0 spiro atoms. The molecule has 0 saturated heterocycles. The number of nitro groups is 1. The van der Waals surface area contributed by atoms with Crippen molar-refractivity contribution >= 4 is 39.2 Å². The molecule has 0 unspecified atom stereocenters. The molecule has 0 aliphatic carbocycles. The summed E-state index contributed by atoms with van der Waals surface area (Å²) in [6, 6.07) is 26.5. The summed E-state index contributed by atoms with van der Waals surface area (Å²) in [4.78, 5) is 36.0. The zero-order valence-electron chi connectivity index (χ0n) is 18.3. The van der Waals surface area contributed by atoms with Gasteiger partial charge in [-0.15, -0.1) is 0 Å². The average Bonchev–Trinajstić information content (AvgIpc) is 3.28. The Morgan fingerprint density at radius 2 is 1.57 bits per heavy atom. The van der Waals surface area contributed by atoms with Crippen molar-refractivity contribution in [3.8, 4) is 11.1 Å². The number of carbonyl (C=O) groups is 2. The average molecular weight is 468 g/mol. The van der Waals surface area contributed by atoms with Crippen LogP contribution in [0.2, 0.25) is 0 Å². The summed E-state index contributed by atoms with van der Waals surface area (Å²) in [6.45, 7) is 0. The number of nitro benzene ring substituents is 1. The molecule has 0 aliphatic rings. The van der Waals surface area contributed by atoms with Gasteiger partial charge in [-0.25, -0.2) is 10.6 Å². The number of carboxylic acids is 1. The Morgan fingerprint density at radius 1 is 0.886 bits per heavy atom. The lowest BCUT2D eigenvalue weighted by Crippen LogP contribution is -2.30. The zero-order valence-corrected chi connectivity index (χ0v) is 18.3. The predicted molar refractivity (Wildman–Crippen MR) is 133 cm³/mol. The number of benzene rings is 4. The van der Waals surface area contributed by atoms with Crippen LogP contribution in [0.25, 0.3) is 32.8 Å². The summed E-state index contributed by atoms with van der Waals surface area (Å²) >= 11 is 0. The van der Waals surface area contributed by atoms with Gasteiger partial charge < -0.3 is 10.1 Å². The van der Waals surface area contributed by atoms with E-state index in [1.807, 2.05) is 42.5 Å². The SMILES string of the molecule is NNC(=O)c1cccc2ccccc12.O=C(O)c1[nH]c2ccc([N+](=O)[O-])cc2c1-c1ccccc1. The summed E-state index contributed by atoms with van der Waals surface area (Å²) in [5, 5.41) is 22.7. The van der Waals surface area contributed by atoms with Gasteiger partial charge in [0.05, 0.1) is 4.92 Å². The van der Waals surface area contributed by atoms with Crippen LogP contribution in [0.3, 0.4) is 0 Å². The lowest BCUT2D eigenvalue weighted by Gasteiger charge is -2.03. The van der Waals surface area contributed by atoms with Gasteiger partial charge in [-0.1, -0.05) is 66.7 Å². The number of hydrogen-bond donors (Lipinski definition) is 4. The second kappa shape index (κ2) is 9.86. The lowest BCUT2D eigenvalue weighted by atomic mass is 10.0. The second-order valence-electron chi connectivity index (χ2n) is 7.53. The number of aromatic amines is 1. The van der Waals surface area contributed by atoms with Gasteiger partial charge in [-0.2, -0.15) is 0 Å². The lowest BCUT2D eigenvalue weighted by molar-refractivity contribution is -0.384. The Kier molecular flexibility index (Phi) is 6.52. The molecule has 0 atom stereocenters. The van der Waals surface area contributed by atoms with Crippen LogP contribution in [0, 0.1) is 10.1 Å². The maximum absolute atomic E-state index is 11.4. The van der Waals surface area contributed by atoms with Crippen molar-refractivity contribution in [1.29, 1.82) is 0 Å². The van der Waals surface area contributed by atoms with Crippen molar-refractivity contribution in [2.75, 3.05) is 0 Å². The number of nitrogen functional groups attached to an aromatic ring is 1. The molecule has 5 rings (SSSR count). The third kappa shape index (κ3) is 4.70. The number of carbonyl (C=O) groups excluding carboxylic acids is 1. The van der Waals surface area contributed by atoms with E-state index in [-0.39, 0.29) is 17.3 Å². The number of amides is 1. The Labute approximate surface area is 198 Å². The summed E-state index contributed by atoms with van der Waals surface area (Å²) < 4.78 is 0. The normalized spacial score (nSPS) is 10.4. The van der Waals surface area contributed by atoms with Crippen molar-refractivity contribution in [3.05, 3.63) is 112 Å². The molecule has 1 heterocycles. The van der Waals surface area contributed by atoms with Crippen molar-refractivity contribution in [3.63, 3.8) is 0 Å². The van der Waals surface area contributed by atoms with E-state index in [4.69, 9.17) is 5.84 Å². The number of hydrogen-bond acceptors (Lipinski definition) is 5. The largest absolute Gasteiger partial charge is 0.477 e. The topological polar surface area (TPSA) is 151 Å². The van der Waals surface area contributed by atoms with Crippen LogP contribution >= 0.6 is 0 Å². The highest BCUT2D eigenvalue weighted by Gasteiger charge is 2.20. The fourth-order valence-electron chi connectivity index (χ4n) is 3.86. The van der Waals surface area contributed by atoms with Crippen molar-refractivity contribution in [1.82, 2.24) is 10.4 Å². The Morgan fingerprint density at radius 3 is 2.26 bits per heavy atom. The number of nitrogens with zero attached hydrogens (tertiary/aromatic N) is 1. The third-order valence-corrected chi connectivity index (χ3v) is 5.43. The quantitative estimate of drug-likeness (QED) is 0.128. The molecular formula is C26H20N4O5. The molecule has 0 fully saturated rings. The van der Waals surface area contributed by atoms with Crippen LogP contribution in [-0.4, -0.2) is 26.9 Å². The smallest absolute Gasteiger partial charge is 0.352 e. The van der Waals surface area contributed by atoms with Crippen LogP contribution in [0.15, 0.2) is 91.0 Å². The minimum Gasteiger partial charge on any atom is -0.477 e. The molecule has 0 radical (unpaired) electrons. The number of non-ortho nitro benzene ring substituents is 1. The number of H-pyrrole nitrogens is 1. The van der Waals surface area contributed by atoms with Crippen molar-refractivity contribution < 1.29 is 19.6 Å². The number of nitrogens with one attached hydrogen (secondary N) is 2. The molecule has 174 valence electrons. The van der Waals surface area contributed by atoms with Gasteiger partial charge in [0.2, 0.25) is 0 Å². The van der Waals surface area contributed by atoms with Gasteiger partial charge in [-0.05, 0) is 28.5 Å². The predicted octanol–water partition coefficient (Wildman–Crippen LogP) is 4.88. The first-order valence-corrected chi connectivity index (χ1v) is 10.5. The molecular weight excluding hydrogens is 448 g/mol. The van der Waals surface area contributed by atoms with Gasteiger partial charge in [0.1, 0.15) is 5.69 Å². The van der Waals surface area contributed by atoms with E-state index < -0.39 is 10.9 Å². The maximum Gasteiger partial charge on any atom is 0.352 e. The van der Waals surface area contributed by atoms with Crippen LogP contribution < -0.4 is 11.3 Å². The molecule has 5 aromatic rings. The number of nitrogens with two attached hydrogens (primary N) is 1. The van der Waals surface area contributed by atoms with E-state index in [9.17, 15) is 24.8 Å². The fourth-order valence-corrected chi connectivity index (χ4v) is 3.86. The van der Waals surface area contributed by atoms with Crippen LogP contribution in [0.4, 0.5) is 5.69 Å². The molecule has 0 saturated carbocycles. The van der Waals surface area contributed by atoms with Gasteiger partial charge in [0.25, 0.3) is 11.6 Å². The molecule has 1 amide bonds. The molecule has 9 nitrogen and oxygen atoms in total. The molecule has 9 heteroatoms. The minimum atomic E-state index is -1.10. The zero-order chi connectivity index (χ0) is 24.9. The van der Waals surface area contributed by atoms with E-state index in [0.29, 0.717) is 27.6 Å². The Hall–Kier alpha value is -5.02. The minimum absolute atomic E-state index is 0.0247. The van der Waals surface area contributed by atoms with Crippen LogP contribution in [-0.2, 0) is 0 Å². The van der Waals surface area contributed by atoms with Crippen LogP contribution in [0.1, 0.15) is 20.8 Å². The summed E-state index contributed by atoms with van der Waals surface area (Å²) in [6.07, 6.45) is 0. The van der Waals surface area contributed by atoms with E-state index in [2.05, 4.69) is 10.4 Å². The highest BCUT2D eigenvalue weighted by Crippen LogP contribution is 2.34. The van der Waals surface area contributed by atoms with Crippen LogP contribution in [0.5, 0.6) is 0 Å². The van der Waals surface area contributed by atoms with E-state index in [1.54, 1.807) is 30.3 Å². The Bertz CT molecular complexity index is 1560. The first kappa shape index (κ1) is 23.1. The molecule has 35 heavy (non-hydrogen) atoms. The monoisotopic (exact) mass is 468 g/mol. The first-order valence-electron chi connectivity index (χ1n) is 10.5. The summed E-state index contributed by atoms with van der Waals surface area (Å²) in [7, 11) is 0. The van der Waals surface area contributed by atoms with Gasteiger partial charge in [0.15, 0.2) is 0 Å². The van der Waals surface area contributed by atoms with E-state index in [0.717, 1.165) is 10.8 Å². The standard InChI is InChI=1S/C15H10N2O4.C11H10N2O/c18-15(19)14-13(9-4-2-1-3-5-9)11-8-10(17(20)21)6-7-12(11)16-14;12-13-11(14)10-7-3-5-8-4-1-2-6-9(8)10/h1-8,16H,(H,18,19);1-7H,12H2,(H,13,14). The fraction of sp³-hybridized carbons (Fsp3) is 0. The van der Waals surface area contributed by atoms with Gasteiger partial charge in [0, 0.05) is 34.2 Å². The number of hydrazine groups is 1. The molecule has 1 aromatic heterocycles. The number of carboxylic acid groups (broad SMARTS) is 1.